The minimum atomic E-state index is -0.303. The molecule has 2 aromatic heterocycles. The molecule has 0 spiro atoms. The summed E-state index contributed by atoms with van der Waals surface area (Å²) in [7, 11) is 0. The molecule has 1 atom stereocenters. The fourth-order valence-electron chi connectivity index (χ4n) is 2.79. The van der Waals surface area contributed by atoms with Gasteiger partial charge in [0.25, 0.3) is 0 Å². The molecule has 1 amide bonds. The summed E-state index contributed by atoms with van der Waals surface area (Å²) in [6, 6.07) is 9.29. The number of hydrogen-bond acceptors (Lipinski definition) is 5. The molecular weight excluding hydrogens is 349 g/mol. The Kier molecular flexibility index (Phi) is 3.70. The van der Waals surface area contributed by atoms with Gasteiger partial charge in [-0.3, -0.25) is 4.79 Å². The molecule has 1 unspecified atom stereocenters. The fourth-order valence-corrected chi connectivity index (χ4v) is 3.12. The number of amides is 1. The third kappa shape index (κ3) is 2.64. The number of benzene rings is 1. The van der Waals surface area contributed by atoms with Gasteiger partial charge in [-0.2, -0.15) is 0 Å². The summed E-state index contributed by atoms with van der Waals surface area (Å²) in [6.45, 7) is 0.380. The lowest BCUT2D eigenvalue weighted by Crippen LogP contribution is -2.20. The van der Waals surface area contributed by atoms with Crippen LogP contribution >= 0.6 is 23.2 Å². The van der Waals surface area contributed by atoms with E-state index in [9.17, 15) is 4.79 Å². The van der Waals surface area contributed by atoms with Crippen LogP contribution in [0.3, 0.4) is 0 Å². The molecule has 24 heavy (non-hydrogen) atoms. The lowest BCUT2D eigenvalue weighted by molar-refractivity contribution is -0.116. The average molecular weight is 360 g/mol. The highest BCUT2D eigenvalue weighted by atomic mass is 35.5. The van der Waals surface area contributed by atoms with Crippen LogP contribution in [0.25, 0.3) is 10.9 Å². The van der Waals surface area contributed by atoms with E-state index in [1.807, 2.05) is 24.3 Å². The molecule has 8 heteroatoms. The van der Waals surface area contributed by atoms with E-state index >= 15 is 0 Å². The fraction of sp³-hybridized carbons (Fsp3) is 0.125. The molecule has 1 aliphatic heterocycles. The summed E-state index contributed by atoms with van der Waals surface area (Å²) < 4.78 is 0. The van der Waals surface area contributed by atoms with Gasteiger partial charge in [-0.25, -0.2) is 15.0 Å². The zero-order chi connectivity index (χ0) is 16.7. The van der Waals surface area contributed by atoms with Crippen molar-refractivity contribution in [2.75, 3.05) is 17.2 Å². The quantitative estimate of drug-likeness (QED) is 0.552. The summed E-state index contributed by atoms with van der Waals surface area (Å²) in [4.78, 5) is 24.5. The summed E-state index contributed by atoms with van der Waals surface area (Å²) in [5, 5.41) is 7.19. The molecule has 3 heterocycles. The Labute approximate surface area is 147 Å². The predicted molar refractivity (Wildman–Crippen MR) is 93.7 cm³/mol. The van der Waals surface area contributed by atoms with E-state index in [-0.39, 0.29) is 17.1 Å². The zero-order valence-electron chi connectivity index (χ0n) is 12.3. The van der Waals surface area contributed by atoms with Crippen LogP contribution in [0.15, 0.2) is 36.5 Å². The topological polar surface area (TPSA) is 79.8 Å². The number of fused-ring (bicyclic) bond motifs is 2. The standard InChI is InChI=1S/C16H11Cl2N5O/c17-13-5-9-12(7-19-13)22-16(18)23-14(9)20-6-10-8-3-1-2-4-11(8)21-15(10)24/h1-5,7,10H,6H2,(H,21,24)(H,20,22,23). The lowest BCUT2D eigenvalue weighted by atomic mass is 10.0. The van der Waals surface area contributed by atoms with Crippen LogP contribution in [-0.4, -0.2) is 27.4 Å². The summed E-state index contributed by atoms with van der Waals surface area (Å²) in [5.41, 5.74) is 2.38. The number of nitrogens with one attached hydrogen (secondary N) is 2. The number of hydrogen-bond donors (Lipinski definition) is 2. The third-order valence-electron chi connectivity index (χ3n) is 3.91. The molecule has 2 N–H and O–H groups in total. The molecule has 0 saturated carbocycles. The molecule has 0 bridgehead atoms. The van der Waals surface area contributed by atoms with Crippen LogP contribution in [0.2, 0.25) is 10.4 Å². The summed E-state index contributed by atoms with van der Waals surface area (Å²) in [5.74, 6) is 0.168. The van der Waals surface area contributed by atoms with Crippen molar-refractivity contribution in [3.05, 3.63) is 52.5 Å². The third-order valence-corrected chi connectivity index (χ3v) is 4.28. The number of carbonyl (C=O) groups is 1. The van der Waals surface area contributed by atoms with Gasteiger partial charge < -0.3 is 10.6 Å². The Morgan fingerprint density at radius 2 is 2.04 bits per heavy atom. The van der Waals surface area contributed by atoms with Gasteiger partial charge in [0, 0.05) is 17.6 Å². The van der Waals surface area contributed by atoms with Crippen molar-refractivity contribution >= 4 is 51.5 Å². The Morgan fingerprint density at radius 3 is 2.92 bits per heavy atom. The Balaban J connectivity index is 1.66. The van der Waals surface area contributed by atoms with Gasteiger partial charge >= 0.3 is 0 Å². The van der Waals surface area contributed by atoms with Gasteiger partial charge in [-0.05, 0) is 29.3 Å². The number of anilines is 2. The molecule has 120 valence electrons. The Hall–Kier alpha value is -2.44. The maximum Gasteiger partial charge on any atom is 0.233 e. The first-order valence-corrected chi connectivity index (χ1v) is 8.00. The normalized spacial score (nSPS) is 16.1. The number of para-hydroxylation sites is 1. The van der Waals surface area contributed by atoms with Crippen molar-refractivity contribution < 1.29 is 4.79 Å². The van der Waals surface area contributed by atoms with Crippen molar-refractivity contribution in [3.63, 3.8) is 0 Å². The molecule has 0 radical (unpaired) electrons. The second-order valence-electron chi connectivity index (χ2n) is 5.38. The van der Waals surface area contributed by atoms with E-state index in [4.69, 9.17) is 23.2 Å². The van der Waals surface area contributed by atoms with Crippen molar-refractivity contribution in [1.82, 2.24) is 15.0 Å². The molecule has 3 aromatic rings. The van der Waals surface area contributed by atoms with Gasteiger partial charge in [-0.1, -0.05) is 29.8 Å². The maximum atomic E-state index is 12.2. The number of nitrogens with zero attached hydrogens (tertiary/aromatic N) is 3. The van der Waals surface area contributed by atoms with Gasteiger partial charge in [0.15, 0.2) is 0 Å². The first-order chi connectivity index (χ1) is 11.6. The summed E-state index contributed by atoms with van der Waals surface area (Å²) in [6.07, 6.45) is 1.54. The van der Waals surface area contributed by atoms with E-state index in [0.29, 0.717) is 28.4 Å². The molecule has 0 aliphatic carbocycles. The van der Waals surface area contributed by atoms with Gasteiger partial charge in [0.2, 0.25) is 11.2 Å². The van der Waals surface area contributed by atoms with Crippen LogP contribution in [0.5, 0.6) is 0 Å². The molecule has 0 fully saturated rings. The highest BCUT2D eigenvalue weighted by Crippen LogP contribution is 2.33. The van der Waals surface area contributed by atoms with Crippen LogP contribution in [0, 0.1) is 0 Å². The molecule has 0 saturated heterocycles. The largest absolute Gasteiger partial charge is 0.368 e. The number of rotatable bonds is 3. The highest BCUT2D eigenvalue weighted by Gasteiger charge is 2.30. The second kappa shape index (κ2) is 5.89. The zero-order valence-corrected chi connectivity index (χ0v) is 13.8. The van der Waals surface area contributed by atoms with Crippen LogP contribution in [0.1, 0.15) is 11.5 Å². The van der Waals surface area contributed by atoms with Crippen molar-refractivity contribution in [1.29, 1.82) is 0 Å². The number of aromatic nitrogens is 3. The monoisotopic (exact) mass is 359 g/mol. The first kappa shape index (κ1) is 15.1. The average Bonchev–Trinajstić information content (AvgIpc) is 2.88. The predicted octanol–water partition coefficient (Wildman–Crippen LogP) is 3.48. The van der Waals surface area contributed by atoms with E-state index in [1.54, 1.807) is 6.07 Å². The van der Waals surface area contributed by atoms with Crippen molar-refractivity contribution in [3.8, 4) is 0 Å². The van der Waals surface area contributed by atoms with Crippen LogP contribution < -0.4 is 10.6 Å². The smallest absolute Gasteiger partial charge is 0.233 e. The van der Waals surface area contributed by atoms with Crippen molar-refractivity contribution in [2.24, 2.45) is 0 Å². The van der Waals surface area contributed by atoms with Crippen LogP contribution in [0.4, 0.5) is 11.5 Å². The SMILES string of the molecule is O=C1Nc2ccccc2C1CNc1nc(Cl)nc2cnc(Cl)cc12. The number of pyridine rings is 1. The van der Waals surface area contributed by atoms with Gasteiger partial charge in [-0.15, -0.1) is 0 Å². The second-order valence-corrected chi connectivity index (χ2v) is 6.10. The van der Waals surface area contributed by atoms with Gasteiger partial charge in [0.05, 0.1) is 17.6 Å². The van der Waals surface area contributed by atoms with E-state index < -0.39 is 0 Å². The summed E-state index contributed by atoms with van der Waals surface area (Å²) >= 11 is 11.9. The maximum absolute atomic E-state index is 12.2. The number of carbonyl (C=O) groups excluding carboxylic acids is 1. The molecule has 4 rings (SSSR count). The molecule has 6 nitrogen and oxygen atoms in total. The van der Waals surface area contributed by atoms with Gasteiger partial charge in [0.1, 0.15) is 11.0 Å². The minimum absolute atomic E-state index is 0.0483. The van der Waals surface area contributed by atoms with E-state index in [0.717, 1.165) is 11.3 Å². The van der Waals surface area contributed by atoms with E-state index in [1.165, 1.54) is 6.20 Å². The Bertz CT molecular complexity index is 962. The van der Waals surface area contributed by atoms with Crippen LogP contribution in [-0.2, 0) is 4.79 Å². The molecule has 1 aliphatic rings. The Morgan fingerprint density at radius 1 is 1.21 bits per heavy atom. The molecule has 1 aromatic carbocycles. The first-order valence-electron chi connectivity index (χ1n) is 7.24. The highest BCUT2D eigenvalue weighted by molar-refractivity contribution is 6.30. The number of halogens is 2. The van der Waals surface area contributed by atoms with E-state index in [2.05, 4.69) is 25.6 Å². The molecular formula is C16H11Cl2N5O. The lowest BCUT2D eigenvalue weighted by Gasteiger charge is -2.13. The van der Waals surface area contributed by atoms with Crippen molar-refractivity contribution in [2.45, 2.75) is 5.92 Å². The minimum Gasteiger partial charge on any atom is -0.368 e.